The third-order valence-corrected chi connectivity index (χ3v) is 8.00. The summed E-state index contributed by atoms with van der Waals surface area (Å²) in [4.78, 5) is 47.1. The Morgan fingerprint density at radius 3 is 2.67 bits per heavy atom. The first-order valence-electron chi connectivity index (χ1n) is 13.7. The zero-order chi connectivity index (χ0) is 30.1. The topological polar surface area (TPSA) is 152 Å². The molecule has 3 aromatic rings. The van der Waals surface area contributed by atoms with E-state index in [1.54, 1.807) is 19.4 Å². The fourth-order valence-corrected chi connectivity index (χ4v) is 5.79. The molecule has 5 heterocycles. The van der Waals surface area contributed by atoms with Crippen molar-refractivity contribution in [2.45, 2.75) is 34.2 Å². The van der Waals surface area contributed by atoms with Crippen LogP contribution in [-0.2, 0) is 16.1 Å². The number of methoxy groups -OCH3 is 1. The average Bonchev–Trinajstić information content (AvgIpc) is 3.38. The molecule has 2 aliphatic heterocycles. The molecule has 0 aliphatic carbocycles. The number of nitrogen functional groups attached to an aromatic ring is 1. The molecule has 0 aromatic carbocycles. The lowest BCUT2D eigenvalue weighted by atomic mass is 10.1. The van der Waals surface area contributed by atoms with E-state index in [9.17, 15) is 9.59 Å². The first-order chi connectivity index (χ1) is 20.1. The summed E-state index contributed by atoms with van der Waals surface area (Å²) >= 11 is 6.54. The van der Waals surface area contributed by atoms with Crippen molar-refractivity contribution in [2.24, 2.45) is 0 Å². The molecule has 0 radical (unpaired) electrons. The SMILES string of the molecule is COc1c(C)cnc(CN2C(=O)/C(=C\c3[nH]c(C)c(C(=O)NCCN4CCOCC4)c3C)c3c(Cl)nc(N)nc32)c1C. The lowest BCUT2D eigenvalue weighted by molar-refractivity contribution is -0.113. The molecule has 1 fully saturated rings. The normalized spacial score (nSPS) is 16.3. The summed E-state index contributed by atoms with van der Waals surface area (Å²) in [7, 11) is 1.60. The first-order valence-corrected chi connectivity index (χ1v) is 14.1. The van der Waals surface area contributed by atoms with Crippen LogP contribution in [0.15, 0.2) is 6.20 Å². The van der Waals surface area contributed by atoms with E-state index in [1.165, 1.54) is 4.90 Å². The van der Waals surface area contributed by atoms with Crippen molar-refractivity contribution in [3.63, 3.8) is 0 Å². The molecule has 0 unspecified atom stereocenters. The summed E-state index contributed by atoms with van der Waals surface area (Å²) in [5, 5.41) is 3.08. The second-order valence-electron chi connectivity index (χ2n) is 10.4. The van der Waals surface area contributed by atoms with Crippen LogP contribution in [0.1, 0.15) is 49.7 Å². The minimum Gasteiger partial charge on any atom is -0.496 e. The Bertz CT molecular complexity index is 1580. The van der Waals surface area contributed by atoms with Crippen molar-refractivity contribution in [3.8, 4) is 5.75 Å². The maximum absolute atomic E-state index is 13.9. The summed E-state index contributed by atoms with van der Waals surface area (Å²) in [5.41, 5.74) is 11.5. The number of aromatic nitrogens is 4. The second-order valence-corrected chi connectivity index (χ2v) is 10.8. The van der Waals surface area contributed by atoms with E-state index in [1.807, 2.05) is 27.7 Å². The van der Waals surface area contributed by atoms with Gasteiger partial charge in [-0.05, 0) is 39.3 Å². The number of aromatic amines is 1. The molecule has 2 aliphatic rings. The van der Waals surface area contributed by atoms with Gasteiger partial charge in [0.15, 0.2) is 5.82 Å². The van der Waals surface area contributed by atoms with Crippen LogP contribution in [0.4, 0.5) is 11.8 Å². The maximum Gasteiger partial charge on any atom is 0.260 e. The molecule has 0 saturated carbocycles. The number of ether oxygens (including phenoxy) is 2. The third kappa shape index (κ3) is 5.57. The molecule has 1 saturated heterocycles. The highest BCUT2D eigenvalue weighted by molar-refractivity contribution is 6.41. The van der Waals surface area contributed by atoms with Crippen molar-refractivity contribution in [1.29, 1.82) is 0 Å². The van der Waals surface area contributed by atoms with Gasteiger partial charge in [-0.1, -0.05) is 11.6 Å². The van der Waals surface area contributed by atoms with Crippen LogP contribution in [0, 0.1) is 27.7 Å². The van der Waals surface area contributed by atoms with Gasteiger partial charge in [0.05, 0.1) is 49.3 Å². The van der Waals surface area contributed by atoms with E-state index in [4.69, 9.17) is 26.8 Å². The molecule has 13 heteroatoms. The third-order valence-electron chi connectivity index (χ3n) is 7.73. The van der Waals surface area contributed by atoms with E-state index >= 15 is 0 Å². The van der Waals surface area contributed by atoms with E-state index in [2.05, 4.69) is 30.2 Å². The van der Waals surface area contributed by atoms with Gasteiger partial charge in [0, 0.05) is 54.9 Å². The van der Waals surface area contributed by atoms with Crippen LogP contribution in [-0.4, -0.2) is 83.2 Å². The van der Waals surface area contributed by atoms with E-state index in [-0.39, 0.29) is 35.0 Å². The quantitative estimate of drug-likeness (QED) is 0.264. The van der Waals surface area contributed by atoms with Crippen LogP contribution in [0.2, 0.25) is 5.15 Å². The maximum atomic E-state index is 13.9. The number of nitrogens with zero attached hydrogens (tertiary/aromatic N) is 5. The Morgan fingerprint density at radius 2 is 1.95 bits per heavy atom. The number of anilines is 2. The van der Waals surface area contributed by atoms with Crippen LogP contribution in [0.3, 0.4) is 0 Å². The van der Waals surface area contributed by atoms with Crippen LogP contribution in [0.5, 0.6) is 5.75 Å². The minimum atomic E-state index is -0.337. The second kappa shape index (κ2) is 12.1. The number of fused-ring (bicyclic) bond motifs is 1. The van der Waals surface area contributed by atoms with Gasteiger partial charge in [-0.15, -0.1) is 0 Å². The molecular formula is C29H35ClN8O4. The predicted octanol–water partition coefficient (Wildman–Crippen LogP) is 2.83. The van der Waals surface area contributed by atoms with Crippen LogP contribution in [0.25, 0.3) is 11.6 Å². The number of hydrogen-bond donors (Lipinski definition) is 3. The number of amides is 2. The average molecular weight is 595 g/mol. The number of morpholine rings is 1. The molecule has 12 nitrogen and oxygen atoms in total. The number of nitrogens with one attached hydrogen (secondary N) is 2. The zero-order valence-corrected chi connectivity index (χ0v) is 25.2. The Morgan fingerprint density at radius 1 is 1.21 bits per heavy atom. The van der Waals surface area contributed by atoms with Crippen molar-refractivity contribution >= 4 is 46.8 Å². The highest BCUT2D eigenvalue weighted by Gasteiger charge is 2.38. The zero-order valence-electron chi connectivity index (χ0n) is 24.4. The number of pyridine rings is 1. The van der Waals surface area contributed by atoms with Crippen molar-refractivity contribution in [2.75, 3.05) is 57.1 Å². The predicted molar refractivity (Wildman–Crippen MR) is 161 cm³/mol. The Balaban J connectivity index is 1.45. The van der Waals surface area contributed by atoms with Gasteiger partial charge in [-0.25, -0.2) is 4.98 Å². The molecule has 4 N–H and O–H groups in total. The number of aryl methyl sites for hydroxylation is 2. The van der Waals surface area contributed by atoms with Crippen molar-refractivity contribution in [1.82, 2.24) is 30.2 Å². The molecule has 0 bridgehead atoms. The molecule has 0 atom stereocenters. The lowest BCUT2D eigenvalue weighted by Crippen LogP contribution is -2.41. The Labute approximate surface area is 249 Å². The largest absolute Gasteiger partial charge is 0.496 e. The number of nitrogens with two attached hydrogens (primary N) is 1. The van der Waals surface area contributed by atoms with Gasteiger partial charge < -0.3 is 25.5 Å². The fourth-order valence-electron chi connectivity index (χ4n) is 5.52. The summed E-state index contributed by atoms with van der Waals surface area (Å²) in [6.45, 7) is 12.0. The number of halogens is 1. The van der Waals surface area contributed by atoms with Crippen molar-refractivity contribution in [3.05, 3.63) is 56.2 Å². The highest BCUT2D eigenvalue weighted by atomic mass is 35.5. The first kappa shape index (κ1) is 29.5. The number of hydrogen-bond acceptors (Lipinski definition) is 9. The number of H-pyrrole nitrogens is 1. The number of carbonyl (C=O) groups is 2. The standard InChI is InChI=1S/C29H35ClN8O4/c1-15-13-33-21(17(3)24(15)41-5)14-38-26-23(25(30)35-29(31)36-26)19(28(38)40)12-20-16(2)22(18(4)34-20)27(39)32-6-7-37-8-10-42-11-9-37/h12-13,34H,6-11,14H2,1-5H3,(H,32,39)(H2,31,35,36)/b19-12-. The Kier molecular flexibility index (Phi) is 8.48. The molecule has 42 heavy (non-hydrogen) atoms. The highest BCUT2D eigenvalue weighted by Crippen LogP contribution is 2.42. The van der Waals surface area contributed by atoms with Gasteiger partial charge in [-0.3, -0.25) is 24.4 Å². The van der Waals surface area contributed by atoms with E-state index in [0.29, 0.717) is 65.1 Å². The monoisotopic (exact) mass is 594 g/mol. The van der Waals surface area contributed by atoms with Crippen LogP contribution < -0.4 is 20.7 Å². The molecule has 222 valence electrons. The van der Waals surface area contributed by atoms with Crippen LogP contribution >= 0.6 is 11.6 Å². The minimum absolute atomic E-state index is 0.0492. The lowest BCUT2D eigenvalue weighted by Gasteiger charge is -2.26. The summed E-state index contributed by atoms with van der Waals surface area (Å²) in [5.74, 6) is 0.438. The smallest absolute Gasteiger partial charge is 0.260 e. The van der Waals surface area contributed by atoms with E-state index < -0.39 is 0 Å². The van der Waals surface area contributed by atoms with Gasteiger partial charge in [0.1, 0.15) is 10.9 Å². The van der Waals surface area contributed by atoms with Gasteiger partial charge in [0.25, 0.3) is 11.8 Å². The Hall–Kier alpha value is -4.00. The van der Waals surface area contributed by atoms with Gasteiger partial charge in [-0.2, -0.15) is 4.98 Å². The molecule has 0 spiro atoms. The number of carbonyl (C=O) groups excluding carboxylic acids is 2. The van der Waals surface area contributed by atoms with Crippen molar-refractivity contribution < 1.29 is 19.1 Å². The summed E-state index contributed by atoms with van der Waals surface area (Å²) < 4.78 is 10.9. The van der Waals surface area contributed by atoms with E-state index in [0.717, 1.165) is 30.8 Å². The molecular weight excluding hydrogens is 560 g/mol. The molecule has 5 rings (SSSR count). The van der Waals surface area contributed by atoms with Gasteiger partial charge >= 0.3 is 0 Å². The fraction of sp³-hybridized carbons (Fsp3) is 0.414. The summed E-state index contributed by atoms with van der Waals surface area (Å²) in [6.07, 6.45) is 3.40. The summed E-state index contributed by atoms with van der Waals surface area (Å²) in [6, 6.07) is 0. The molecule has 3 aromatic heterocycles. The molecule has 2 amide bonds. The number of rotatable bonds is 8. The van der Waals surface area contributed by atoms with Gasteiger partial charge in [0.2, 0.25) is 5.95 Å².